The highest BCUT2D eigenvalue weighted by molar-refractivity contribution is 5.95. The first-order valence-corrected chi connectivity index (χ1v) is 8.84. The zero-order chi connectivity index (χ0) is 18.0. The van der Waals surface area contributed by atoms with Gasteiger partial charge in [-0.05, 0) is 60.9 Å². The molecule has 0 spiro atoms. The largest absolute Gasteiger partial charge is 0.399 e. The Hall–Kier alpha value is -2.63. The molecule has 1 aliphatic rings. The van der Waals surface area contributed by atoms with Crippen molar-refractivity contribution in [2.24, 2.45) is 0 Å². The van der Waals surface area contributed by atoms with Crippen LogP contribution in [0.5, 0.6) is 0 Å². The Bertz CT molecular complexity index is 857. The molecule has 2 aromatic rings. The van der Waals surface area contributed by atoms with Gasteiger partial charge < -0.3 is 11.1 Å². The Kier molecular flexibility index (Phi) is 4.88. The van der Waals surface area contributed by atoms with E-state index in [4.69, 9.17) is 5.73 Å². The summed E-state index contributed by atoms with van der Waals surface area (Å²) in [5.74, 6) is -0.329. The van der Waals surface area contributed by atoms with Gasteiger partial charge in [-0.15, -0.1) is 0 Å². The van der Waals surface area contributed by atoms with Crippen molar-refractivity contribution in [1.82, 2.24) is 15.5 Å². The molecule has 1 atom stereocenters. The number of aromatic amines is 1. The zero-order valence-electron chi connectivity index (χ0n) is 14.7. The van der Waals surface area contributed by atoms with Crippen LogP contribution in [0.1, 0.15) is 65.5 Å². The van der Waals surface area contributed by atoms with Gasteiger partial charge in [-0.2, -0.15) is 5.10 Å². The number of aryl methyl sites for hydroxylation is 2. The second-order valence-corrected chi connectivity index (χ2v) is 6.44. The van der Waals surface area contributed by atoms with Gasteiger partial charge in [-0.1, -0.05) is 19.9 Å². The van der Waals surface area contributed by atoms with Crippen molar-refractivity contribution in [3.8, 4) is 0 Å². The molecule has 0 bridgehead atoms. The number of nitrogens with one attached hydrogen (secondary N) is 2. The summed E-state index contributed by atoms with van der Waals surface area (Å²) < 4.78 is 0. The molecule has 1 amide bonds. The van der Waals surface area contributed by atoms with Gasteiger partial charge >= 0.3 is 0 Å². The van der Waals surface area contributed by atoms with E-state index in [1.54, 1.807) is 0 Å². The molecule has 132 valence electrons. The van der Waals surface area contributed by atoms with E-state index in [1.165, 1.54) is 5.56 Å². The Morgan fingerprint density at radius 3 is 2.88 bits per heavy atom. The first-order chi connectivity index (χ1) is 12.0. The Morgan fingerprint density at radius 1 is 1.36 bits per heavy atom. The fourth-order valence-electron chi connectivity index (χ4n) is 3.65. The van der Waals surface area contributed by atoms with Crippen LogP contribution in [0, 0.1) is 0 Å². The van der Waals surface area contributed by atoms with Crippen molar-refractivity contribution in [3.05, 3.63) is 56.5 Å². The van der Waals surface area contributed by atoms with E-state index < -0.39 is 5.56 Å². The number of carbonyl (C=O) groups excluding carboxylic acids is 1. The van der Waals surface area contributed by atoms with Crippen LogP contribution in [-0.2, 0) is 19.3 Å². The van der Waals surface area contributed by atoms with Gasteiger partial charge in [-0.25, -0.2) is 5.10 Å². The number of aromatic nitrogens is 2. The lowest BCUT2D eigenvalue weighted by Gasteiger charge is -2.27. The van der Waals surface area contributed by atoms with E-state index in [-0.39, 0.29) is 17.5 Å². The second-order valence-electron chi connectivity index (χ2n) is 6.44. The quantitative estimate of drug-likeness (QED) is 0.743. The number of nitrogens with zero attached hydrogens (tertiary/aromatic N) is 1. The third kappa shape index (κ3) is 3.29. The van der Waals surface area contributed by atoms with Crippen LogP contribution in [0.2, 0.25) is 0 Å². The van der Waals surface area contributed by atoms with E-state index in [9.17, 15) is 9.59 Å². The number of H-pyrrole nitrogens is 1. The summed E-state index contributed by atoms with van der Waals surface area (Å²) in [5, 5.41) is 9.58. The van der Waals surface area contributed by atoms with E-state index in [2.05, 4.69) is 15.5 Å². The van der Waals surface area contributed by atoms with Gasteiger partial charge in [0.25, 0.3) is 11.5 Å². The Labute approximate surface area is 146 Å². The summed E-state index contributed by atoms with van der Waals surface area (Å²) in [6.45, 7) is 3.90. The fourth-order valence-corrected chi connectivity index (χ4v) is 3.65. The van der Waals surface area contributed by atoms with Crippen molar-refractivity contribution in [1.29, 1.82) is 0 Å². The van der Waals surface area contributed by atoms with Gasteiger partial charge in [0.15, 0.2) is 0 Å². The van der Waals surface area contributed by atoms with Crippen molar-refractivity contribution < 1.29 is 4.79 Å². The van der Waals surface area contributed by atoms with Crippen molar-refractivity contribution in [3.63, 3.8) is 0 Å². The van der Waals surface area contributed by atoms with Gasteiger partial charge in [0.05, 0.1) is 11.7 Å². The standard InChI is InChI=1S/C19H24N4O2/c1-3-13-15(4-2)22-23-19(25)17(13)18(24)21-16-7-5-6-11-10-12(20)8-9-14(11)16/h8-10,16H,3-7,20H2,1-2H3,(H,21,24)(H,23,25). The van der Waals surface area contributed by atoms with E-state index in [1.807, 2.05) is 32.0 Å². The average Bonchev–Trinajstić information content (AvgIpc) is 2.61. The summed E-state index contributed by atoms with van der Waals surface area (Å²) >= 11 is 0. The molecule has 0 aliphatic heterocycles. The van der Waals surface area contributed by atoms with E-state index in [0.717, 1.165) is 41.8 Å². The number of amides is 1. The third-order valence-corrected chi connectivity index (χ3v) is 4.87. The minimum Gasteiger partial charge on any atom is -0.399 e. The van der Waals surface area contributed by atoms with Crippen LogP contribution < -0.4 is 16.6 Å². The fraction of sp³-hybridized carbons (Fsp3) is 0.421. The molecule has 0 saturated carbocycles. The van der Waals surface area contributed by atoms with Crippen LogP contribution in [-0.4, -0.2) is 16.1 Å². The molecule has 25 heavy (non-hydrogen) atoms. The Balaban J connectivity index is 1.93. The molecular weight excluding hydrogens is 316 g/mol. The highest BCUT2D eigenvalue weighted by Crippen LogP contribution is 2.31. The van der Waals surface area contributed by atoms with Crippen LogP contribution in [0.15, 0.2) is 23.0 Å². The summed E-state index contributed by atoms with van der Waals surface area (Å²) in [5.41, 5.74) is 10.1. The summed E-state index contributed by atoms with van der Waals surface area (Å²) in [4.78, 5) is 25.1. The molecule has 1 heterocycles. The lowest BCUT2D eigenvalue weighted by atomic mass is 9.87. The summed E-state index contributed by atoms with van der Waals surface area (Å²) in [6, 6.07) is 5.71. The number of fused-ring (bicyclic) bond motifs is 1. The Morgan fingerprint density at radius 2 is 2.16 bits per heavy atom. The maximum atomic E-state index is 12.9. The number of anilines is 1. The number of nitrogens with two attached hydrogens (primary N) is 1. The topological polar surface area (TPSA) is 101 Å². The van der Waals surface area contributed by atoms with E-state index >= 15 is 0 Å². The number of carbonyl (C=O) groups is 1. The number of nitrogen functional groups attached to an aromatic ring is 1. The normalized spacial score (nSPS) is 16.3. The number of benzene rings is 1. The summed E-state index contributed by atoms with van der Waals surface area (Å²) in [7, 11) is 0. The SMILES string of the molecule is CCc1n[nH]c(=O)c(C(=O)NC2CCCc3cc(N)ccc32)c1CC. The molecule has 6 heteroatoms. The predicted molar refractivity (Wildman–Crippen MR) is 97.6 cm³/mol. The highest BCUT2D eigenvalue weighted by atomic mass is 16.2. The van der Waals surface area contributed by atoms with Gasteiger partial charge in [0, 0.05) is 5.69 Å². The number of hydrogen-bond acceptors (Lipinski definition) is 4. The minimum absolute atomic E-state index is 0.0980. The smallest absolute Gasteiger partial charge is 0.277 e. The summed E-state index contributed by atoms with van der Waals surface area (Å²) in [6.07, 6.45) is 4.07. The molecule has 0 fully saturated rings. The van der Waals surface area contributed by atoms with Gasteiger partial charge in [0.2, 0.25) is 0 Å². The maximum Gasteiger partial charge on any atom is 0.277 e. The van der Waals surface area contributed by atoms with Crippen molar-refractivity contribution >= 4 is 11.6 Å². The highest BCUT2D eigenvalue weighted by Gasteiger charge is 2.25. The van der Waals surface area contributed by atoms with Crippen LogP contribution in [0.3, 0.4) is 0 Å². The predicted octanol–water partition coefficient (Wildman–Crippen LogP) is 2.28. The molecule has 3 rings (SSSR count). The zero-order valence-corrected chi connectivity index (χ0v) is 14.7. The molecule has 6 nitrogen and oxygen atoms in total. The van der Waals surface area contributed by atoms with Gasteiger partial charge in [0.1, 0.15) is 5.56 Å². The molecule has 1 aromatic heterocycles. The van der Waals surface area contributed by atoms with Crippen molar-refractivity contribution in [2.75, 3.05) is 5.73 Å². The first kappa shape index (κ1) is 17.2. The van der Waals surface area contributed by atoms with Crippen LogP contribution in [0.4, 0.5) is 5.69 Å². The lowest BCUT2D eigenvalue weighted by Crippen LogP contribution is -2.36. The molecule has 1 aliphatic carbocycles. The lowest BCUT2D eigenvalue weighted by molar-refractivity contribution is 0.0930. The van der Waals surface area contributed by atoms with Crippen molar-refractivity contribution in [2.45, 2.75) is 52.0 Å². The number of hydrogen-bond donors (Lipinski definition) is 3. The maximum absolute atomic E-state index is 12.9. The molecule has 0 saturated heterocycles. The minimum atomic E-state index is -0.431. The van der Waals surface area contributed by atoms with Gasteiger partial charge in [-0.3, -0.25) is 9.59 Å². The molecular formula is C19H24N4O2. The second kappa shape index (κ2) is 7.09. The molecule has 1 unspecified atom stereocenters. The molecule has 1 aromatic carbocycles. The number of rotatable bonds is 4. The van der Waals surface area contributed by atoms with Crippen LogP contribution in [0.25, 0.3) is 0 Å². The monoisotopic (exact) mass is 340 g/mol. The first-order valence-electron chi connectivity index (χ1n) is 8.84. The van der Waals surface area contributed by atoms with E-state index in [0.29, 0.717) is 12.8 Å². The molecule has 4 N–H and O–H groups in total. The van der Waals surface area contributed by atoms with Crippen LogP contribution >= 0.6 is 0 Å². The average molecular weight is 340 g/mol. The third-order valence-electron chi connectivity index (χ3n) is 4.87. The molecule has 0 radical (unpaired) electrons.